The molecule has 1 aliphatic heterocycles. The van der Waals surface area contributed by atoms with Crippen LogP contribution >= 0.6 is 0 Å². The van der Waals surface area contributed by atoms with Crippen molar-refractivity contribution < 1.29 is 22.6 Å². The van der Waals surface area contributed by atoms with Crippen LogP contribution in [0.25, 0.3) is 0 Å². The quantitative estimate of drug-likeness (QED) is 0.477. The molecule has 1 saturated heterocycles. The van der Waals surface area contributed by atoms with Crippen LogP contribution in [0.3, 0.4) is 0 Å². The van der Waals surface area contributed by atoms with E-state index in [9.17, 15) is 8.42 Å². The van der Waals surface area contributed by atoms with Gasteiger partial charge < -0.3 is 18.8 Å². The van der Waals surface area contributed by atoms with Crippen molar-refractivity contribution in [3.8, 4) is 0 Å². The molecule has 2 aliphatic rings. The highest BCUT2D eigenvalue weighted by Gasteiger charge is 2.32. The van der Waals surface area contributed by atoms with E-state index in [0.29, 0.717) is 38.8 Å². The Morgan fingerprint density at radius 3 is 2.43 bits per heavy atom. The van der Waals surface area contributed by atoms with Crippen LogP contribution in [-0.4, -0.2) is 81.9 Å². The topological polar surface area (TPSA) is 82.9 Å². The van der Waals surface area contributed by atoms with Crippen LogP contribution in [0.5, 0.6) is 0 Å². The van der Waals surface area contributed by atoms with Crippen molar-refractivity contribution in [3.63, 3.8) is 0 Å². The normalized spacial score (nSPS) is 19.4. The van der Waals surface area contributed by atoms with Crippen molar-refractivity contribution in [2.24, 2.45) is 5.92 Å². The van der Waals surface area contributed by atoms with Gasteiger partial charge in [0.05, 0.1) is 43.6 Å². The Bertz CT molecular complexity index is 709. The molecular weight excluding hydrogens is 382 g/mol. The molecule has 160 valence electrons. The van der Waals surface area contributed by atoms with Gasteiger partial charge in [0.25, 0.3) is 0 Å². The maximum atomic E-state index is 12.8. The Hall–Kier alpha value is -1.00. The Labute approximate surface area is 168 Å². The maximum Gasteiger partial charge on any atom is 0.227 e. The first-order valence-electron chi connectivity index (χ1n) is 10.1. The second-order valence-electron chi connectivity index (χ2n) is 7.74. The summed E-state index contributed by atoms with van der Waals surface area (Å²) in [6.07, 6.45) is 5.96. The minimum absolute atomic E-state index is 0.198. The van der Waals surface area contributed by atoms with Crippen molar-refractivity contribution in [2.45, 2.75) is 50.0 Å². The molecule has 8 nitrogen and oxygen atoms in total. The number of methoxy groups -OCH3 is 2. The largest absolute Gasteiger partial charge is 0.383 e. The highest BCUT2D eigenvalue weighted by atomic mass is 32.2. The monoisotopic (exact) mass is 415 g/mol. The van der Waals surface area contributed by atoms with Crippen molar-refractivity contribution in [1.82, 2.24) is 14.5 Å². The second kappa shape index (κ2) is 10.2. The molecule has 0 aromatic carbocycles. The number of likely N-dealkylation sites (tertiary alicyclic amines) is 1. The molecule has 2 heterocycles. The first kappa shape index (κ1) is 21.7. The fourth-order valence-electron chi connectivity index (χ4n) is 3.62. The van der Waals surface area contributed by atoms with Gasteiger partial charge in [0.1, 0.15) is 0 Å². The summed E-state index contributed by atoms with van der Waals surface area (Å²) < 4.78 is 43.4. The van der Waals surface area contributed by atoms with E-state index in [1.54, 1.807) is 20.4 Å². The molecule has 1 aromatic rings. The average molecular weight is 416 g/mol. The second-order valence-corrected chi connectivity index (χ2v) is 9.67. The van der Waals surface area contributed by atoms with Crippen LogP contribution in [0.15, 0.2) is 11.4 Å². The first-order valence-corrected chi connectivity index (χ1v) is 11.8. The molecule has 1 aromatic heterocycles. The molecule has 0 spiro atoms. The van der Waals surface area contributed by atoms with Gasteiger partial charge in [-0.3, -0.25) is 4.90 Å². The van der Waals surface area contributed by atoms with Crippen molar-refractivity contribution >= 4 is 9.84 Å². The number of aromatic nitrogens is 2. The van der Waals surface area contributed by atoms with Gasteiger partial charge in [0, 0.05) is 40.4 Å². The Morgan fingerprint density at radius 1 is 1.07 bits per heavy atom. The van der Waals surface area contributed by atoms with Gasteiger partial charge in [-0.25, -0.2) is 13.4 Å². The lowest BCUT2D eigenvalue weighted by molar-refractivity contribution is -0.0161. The zero-order valence-electron chi connectivity index (χ0n) is 17.0. The maximum absolute atomic E-state index is 12.8. The lowest BCUT2D eigenvalue weighted by Crippen LogP contribution is -2.37. The van der Waals surface area contributed by atoms with E-state index in [1.807, 2.05) is 4.57 Å². The van der Waals surface area contributed by atoms with Crippen LogP contribution in [0.2, 0.25) is 0 Å². The highest BCUT2D eigenvalue weighted by molar-refractivity contribution is 7.91. The molecule has 9 heteroatoms. The lowest BCUT2D eigenvalue weighted by atomic mass is 10.1. The Morgan fingerprint density at radius 2 is 1.79 bits per heavy atom. The molecule has 0 radical (unpaired) electrons. The summed E-state index contributed by atoms with van der Waals surface area (Å²) in [7, 11) is -0.0471. The average Bonchev–Trinajstić information content (AvgIpc) is 3.38. The van der Waals surface area contributed by atoms with Gasteiger partial charge in [-0.2, -0.15) is 0 Å². The lowest BCUT2D eigenvalue weighted by Gasteiger charge is -2.32. The predicted octanol–water partition coefficient (Wildman–Crippen LogP) is 1.34. The molecular formula is C19H33N3O5S. The van der Waals surface area contributed by atoms with Gasteiger partial charge >= 0.3 is 0 Å². The standard InChI is InChI=1S/C19H33N3O5S/c1-25-10-9-22-17(13-20-19(22)28(23,24)15-16-3-4-16)14-21-7-5-18(6-8-21)27-12-11-26-2/h13,16,18H,3-12,14-15H2,1-2H3. The smallest absolute Gasteiger partial charge is 0.227 e. The summed E-state index contributed by atoms with van der Waals surface area (Å²) in [5, 5.41) is 0.198. The van der Waals surface area contributed by atoms with Crippen LogP contribution < -0.4 is 0 Å². The molecule has 0 atom stereocenters. The SMILES string of the molecule is COCCOC1CCN(Cc2cnc(S(=O)(=O)CC3CC3)n2CCOC)CC1. The molecule has 0 N–H and O–H groups in total. The highest BCUT2D eigenvalue weighted by Crippen LogP contribution is 2.32. The van der Waals surface area contributed by atoms with Gasteiger partial charge in [-0.1, -0.05) is 0 Å². The zero-order valence-corrected chi connectivity index (χ0v) is 17.8. The molecule has 1 saturated carbocycles. The van der Waals surface area contributed by atoms with Crippen molar-refractivity contribution in [1.29, 1.82) is 0 Å². The summed E-state index contributed by atoms with van der Waals surface area (Å²) in [5.74, 6) is 0.513. The van der Waals surface area contributed by atoms with Crippen LogP contribution in [0, 0.1) is 5.92 Å². The summed E-state index contributed by atoms with van der Waals surface area (Å²) in [6, 6.07) is 0. The molecule has 0 unspecified atom stereocenters. The van der Waals surface area contributed by atoms with E-state index in [2.05, 4.69) is 9.88 Å². The van der Waals surface area contributed by atoms with Crippen LogP contribution in [-0.2, 0) is 37.1 Å². The fourth-order valence-corrected chi connectivity index (χ4v) is 5.48. The summed E-state index contributed by atoms with van der Waals surface area (Å²) in [5.41, 5.74) is 0.935. The number of imidazole rings is 1. The molecule has 2 fully saturated rings. The number of hydrogen-bond donors (Lipinski definition) is 0. The third-order valence-electron chi connectivity index (χ3n) is 5.41. The van der Waals surface area contributed by atoms with E-state index in [-0.39, 0.29) is 17.0 Å². The summed E-state index contributed by atoms with van der Waals surface area (Å²) in [4.78, 5) is 6.65. The zero-order chi connectivity index (χ0) is 20.0. The van der Waals surface area contributed by atoms with E-state index >= 15 is 0 Å². The summed E-state index contributed by atoms with van der Waals surface area (Å²) in [6.45, 7) is 4.77. The predicted molar refractivity (Wildman–Crippen MR) is 105 cm³/mol. The Balaban J connectivity index is 1.62. The molecule has 0 bridgehead atoms. The van der Waals surface area contributed by atoms with Crippen LogP contribution in [0.1, 0.15) is 31.4 Å². The number of sulfone groups is 1. The fraction of sp³-hybridized carbons (Fsp3) is 0.842. The van der Waals surface area contributed by atoms with Crippen molar-refractivity contribution in [2.75, 3.05) is 52.9 Å². The van der Waals surface area contributed by atoms with Crippen molar-refractivity contribution in [3.05, 3.63) is 11.9 Å². The van der Waals surface area contributed by atoms with Gasteiger partial charge in [0.15, 0.2) is 0 Å². The van der Waals surface area contributed by atoms with E-state index in [4.69, 9.17) is 14.2 Å². The number of ether oxygens (including phenoxy) is 3. The molecule has 28 heavy (non-hydrogen) atoms. The third-order valence-corrected chi connectivity index (χ3v) is 7.20. The van der Waals surface area contributed by atoms with Gasteiger partial charge in [0.2, 0.25) is 15.0 Å². The van der Waals surface area contributed by atoms with E-state index in [0.717, 1.165) is 44.5 Å². The minimum atomic E-state index is -3.35. The third kappa shape index (κ3) is 6.00. The Kier molecular flexibility index (Phi) is 7.87. The number of rotatable bonds is 12. The van der Waals surface area contributed by atoms with E-state index in [1.165, 1.54) is 0 Å². The first-order chi connectivity index (χ1) is 13.5. The number of nitrogens with zero attached hydrogens (tertiary/aromatic N) is 3. The van der Waals surface area contributed by atoms with E-state index < -0.39 is 9.84 Å². The number of piperidine rings is 1. The van der Waals surface area contributed by atoms with Gasteiger partial charge in [-0.05, 0) is 31.6 Å². The molecule has 1 aliphatic carbocycles. The minimum Gasteiger partial charge on any atom is -0.383 e. The molecule has 3 rings (SSSR count). The summed E-state index contributed by atoms with van der Waals surface area (Å²) >= 11 is 0. The van der Waals surface area contributed by atoms with Gasteiger partial charge in [-0.15, -0.1) is 0 Å². The number of hydrogen-bond acceptors (Lipinski definition) is 7. The van der Waals surface area contributed by atoms with Crippen LogP contribution in [0.4, 0.5) is 0 Å². The molecule has 0 amide bonds.